The highest BCUT2D eigenvalue weighted by Crippen LogP contribution is 2.13. The van der Waals surface area contributed by atoms with E-state index in [0.717, 1.165) is 128 Å². The van der Waals surface area contributed by atoms with Crippen molar-refractivity contribution in [2.75, 3.05) is 47.5 Å². The van der Waals surface area contributed by atoms with E-state index in [4.69, 9.17) is 18.9 Å². The standard InChI is InChI=1S/C62H101NO8/c1-6-8-10-12-14-16-18-20-21-22-23-24-25-26-27-28-29-30-31-32-33-34-35-36-37-38-39-41-43-45-47-49-51-53-60(65)71-58(57-70-62(61(66)67)68-55-54-63(3,4)5)56-69-59(64)52-50-48-46-44-42-40-19-17-15-13-11-9-7-2/h8,10,14,16-17,19-21,23-24,26-27,29-30,32-33,35-36,38-39,58,62H,6-7,9,11-13,15,18,22,25,28,31,34,37,40-57H2,1-5H3/p+1/b10-8-,16-14-,19-17-,21-20-,24-23-,27-26-,30-29-,33-32-,36-35-,39-38-. The van der Waals surface area contributed by atoms with Crippen LogP contribution in [0.1, 0.15) is 194 Å². The van der Waals surface area contributed by atoms with E-state index in [2.05, 4.69) is 135 Å². The van der Waals surface area contributed by atoms with E-state index >= 15 is 0 Å². The Kier molecular flexibility index (Phi) is 48.9. The van der Waals surface area contributed by atoms with Gasteiger partial charge in [-0.2, -0.15) is 0 Å². The van der Waals surface area contributed by atoms with Crippen molar-refractivity contribution in [2.24, 2.45) is 0 Å². The Balaban J connectivity index is 4.31. The number of aliphatic carboxylic acids is 1. The predicted octanol–water partition coefficient (Wildman–Crippen LogP) is 16.1. The van der Waals surface area contributed by atoms with Gasteiger partial charge in [-0.05, 0) is 109 Å². The van der Waals surface area contributed by atoms with Crippen molar-refractivity contribution in [1.82, 2.24) is 0 Å². The van der Waals surface area contributed by atoms with Crippen LogP contribution in [-0.4, -0.2) is 87.4 Å². The molecule has 1 N–H and O–H groups in total. The number of carboxylic acid groups (broad SMARTS) is 1. The minimum absolute atomic E-state index is 0.176. The van der Waals surface area contributed by atoms with Gasteiger partial charge in [-0.3, -0.25) is 9.59 Å². The van der Waals surface area contributed by atoms with Crippen molar-refractivity contribution in [3.63, 3.8) is 0 Å². The van der Waals surface area contributed by atoms with Gasteiger partial charge in [0.2, 0.25) is 0 Å². The summed E-state index contributed by atoms with van der Waals surface area (Å²) in [5.74, 6) is -2.06. The molecule has 0 fully saturated rings. The maximum atomic E-state index is 12.8. The van der Waals surface area contributed by atoms with Gasteiger partial charge < -0.3 is 28.5 Å². The van der Waals surface area contributed by atoms with Gasteiger partial charge in [-0.15, -0.1) is 0 Å². The predicted molar refractivity (Wildman–Crippen MR) is 299 cm³/mol. The molecule has 71 heavy (non-hydrogen) atoms. The number of likely N-dealkylation sites (N-methyl/N-ethyl adjacent to an activating group) is 1. The summed E-state index contributed by atoms with van der Waals surface area (Å²) in [6.07, 6.45) is 69.9. The molecule has 2 atom stereocenters. The topological polar surface area (TPSA) is 108 Å². The number of unbranched alkanes of at least 4 members (excludes halogenated alkanes) is 14. The first kappa shape index (κ1) is 66.7. The van der Waals surface area contributed by atoms with Crippen LogP contribution in [0.3, 0.4) is 0 Å². The number of esters is 2. The molecule has 0 aromatic rings. The third kappa shape index (κ3) is 53.3. The normalized spacial score (nSPS) is 13.8. The molecule has 0 aliphatic rings. The highest BCUT2D eigenvalue weighted by Gasteiger charge is 2.25. The third-order valence-electron chi connectivity index (χ3n) is 11.2. The Labute approximate surface area is 434 Å². The number of carbonyl (C=O) groups is 3. The summed E-state index contributed by atoms with van der Waals surface area (Å²) >= 11 is 0. The zero-order chi connectivity index (χ0) is 52.0. The SMILES string of the molecule is CC/C=C\C/C=C\C/C=C\C/C=C\C/C=C\C/C=C\C/C=C\C/C=C\C/C=C\CCCCCCCC(=O)OC(COC(=O)CCCCCCC/C=C\CCCCCC)COC(OCC[N+](C)(C)C)C(=O)O. The van der Waals surface area contributed by atoms with Crippen LogP contribution in [0.25, 0.3) is 0 Å². The third-order valence-corrected chi connectivity index (χ3v) is 11.2. The van der Waals surface area contributed by atoms with Gasteiger partial charge in [0.15, 0.2) is 6.10 Å². The molecule has 0 saturated carbocycles. The van der Waals surface area contributed by atoms with Crippen molar-refractivity contribution in [1.29, 1.82) is 0 Å². The number of quaternary nitrogens is 1. The number of rotatable bonds is 49. The maximum absolute atomic E-state index is 12.8. The Morgan fingerprint density at radius 3 is 1.21 bits per heavy atom. The first-order valence-corrected chi connectivity index (χ1v) is 27.7. The van der Waals surface area contributed by atoms with Crippen molar-refractivity contribution >= 4 is 17.9 Å². The molecule has 2 unspecified atom stereocenters. The largest absolute Gasteiger partial charge is 0.477 e. The minimum atomic E-state index is -1.52. The quantitative estimate of drug-likeness (QED) is 0.0211. The zero-order valence-electron chi connectivity index (χ0n) is 45.6. The molecule has 0 aromatic heterocycles. The van der Waals surface area contributed by atoms with Crippen LogP contribution in [0.15, 0.2) is 122 Å². The number of ether oxygens (including phenoxy) is 4. The lowest BCUT2D eigenvalue weighted by molar-refractivity contribution is -0.870. The monoisotopic (exact) mass is 989 g/mol. The molecule has 9 heteroatoms. The Morgan fingerprint density at radius 1 is 0.437 bits per heavy atom. The first-order chi connectivity index (χ1) is 34.6. The van der Waals surface area contributed by atoms with Crippen LogP contribution in [0, 0.1) is 0 Å². The van der Waals surface area contributed by atoms with Gasteiger partial charge in [-0.1, -0.05) is 193 Å². The maximum Gasteiger partial charge on any atom is 0.361 e. The Morgan fingerprint density at radius 2 is 0.803 bits per heavy atom. The van der Waals surface area contributed by atoms with Crippen LogP contribution < -0.4 is 0 Å². The highest BCUT2D eigenvalue weighted by atomic mass is 16.7. The molecule has 0 aromatic carbocycles. The molecule has 0 spiro atoms. The molecular weight excluding hydrogens is 887 g/mol. The number of hydrogen-bond donors (Lipinski definition) is 1. The fraction of sp³-hybridized carbons (Fsp3) is 0.629. The molecule has 0 amide bonds. The second-order valence-corrected chi connectivity index (χ2v) is 19.2. The fourth-order valence-electron chi connectivity index (χ4n) is 6.94. The van der Waals surface area contributed by atoms with Crippen molar-refractivity contribution in [3.05, 3.63) is 122 Å². The van der Waals surface area contributed by atoms with Crippen LogP contribution in [0.4, 0.5) is 0 Å². The first-order valence-electron chi connectivity index (χ1n) is 27.7. The number of hydrogen-bond acceptors (Lipinski definition) is 7. The molecule has 402 valence electrons. The average molecular weight is 989 g/mol. The molecule has 0 aliphatic carbocycles. The summed E-state index contributed by atoms with van der Waals surface area (Å²) in [7, 11) is 5.94. The van der Waals surface area contributed by atoms with Gasteiger partial charge >= 0.3 is 17.9 Å². The summed E-state index contributed by atoms with van der Waals surface area (Å²) < 4.78 is 22.8. The van der Waals surface area contributed by atoms with Gasteiger partial charge in [0, 0.05) is 12.8 Å². The van der Waals surface area contributed by atoms with Gasteiger partial charge in [0.25, 0.3) is 6.29 Å². The molecule has 0 heterocycles. The van der Waals surface area contributed by atoms with E-state index in [9.17, 15) is 19.5 Å². The molecular formula is C62H102NO8+. The van der Waals surface area contributed by atoms with E-state index in [1.54, 1.807) is 0 Å². The molecule has 0 aliphatic heterocycles. The van der Waals surface area contributed by atoms with Gasteiger partial charge in [-0.25, -0.2) is 4.79 Å². The molecule has 0 radical (unpaired) electrons. The van der Waals surface area contributed by atoms with Gasteiger partial charge in [0.05, 0.1) is 34.4 Å². The zero-order valence-corrected chi connectivity index (χ0v) is 45.6. The highest BCUT2D eigenvalue weighted by molar-refractivity contribution is 5.71. The van der Waals surface area contributed by atoms with Crippen molar-refractivity contribution in [2.45, 2.75) is 206 Å². The number of carboxylic acids is 1. The molecule has 0 bridgehead atoms. The summed E-state index contributed by atoms with van der Waals surface area (Å²) in [6, 6.07) is 0. The fourth-order valence-corrected chi connectivity index (χ4v) is 6.94. The van der Waals surface area contributed by atoms with E-state index in [0.29, 0.717) is 17.4 Å². The smallest absolute Gasteiger partial charge is 0.361 e. The number of nitrogens with zero attached hydrogens (tertiary/aromatic N) is 1. The second-order valence-electron chi connectivity index (χ2n) is 19.2. The van der Waals surface area contributed by atoms with E-state index < -0.39 is 24.3 Å². The Bertz CT molecular complexity index is 1570. The van der Waals surface area contributed by atoms with E-state index in [1.165, 1.54) is 32.1 Å². The van der Waals surface area contributed by atoms with Gasteiger partial charge in [0.1, 0.15) is 13.2 Å². The lowest BCUT2D eigenvalue weighted by Crippen LogP contribution is -2.40. The van der Waals surface area contributed by atoms with Crippen molar-refractivity contribution < 1.29 is 42.9 Å². The Hall–Kier alpha value is -4.31. The van der Waals surface area contributed by atoms with Crippen molar-refractivity contribution in [3.8, 4) is 0 Å². The second kappa shape index (κ2) is 52.0. The summed E-state index contributed by atoms with van der Waals surface area (Å²) in [5.41, 5.74) is 0. The van der Waals surface area contributed by atoms with Crippen LogP contribution in [-0.2, 0) is 33.3 Å². The van der Waals surface area contributed by atoms with E-state index in [1.807, 2.05) is 21.1 Å². The summed E-state index contributed by atoms with van der Waals surface area (Å²) in [5, 5.41) is 9.67. The van der Waals surface area contributed by atoms with E-state index in [-0.39, 0.29) is 38.6 Å². The minimum Gasteiger partial charge on any atom is -0.477 e. The molecule has 9 nitrogen and oxygen atoms in total. The van der Waals surface area contributed by atoms with Crippen LogP contribution in [0.2, 0.25) is 0 Å². The summed E-state index contributed by atoms with van der Waals surface area (Å²) in [4.78, 5) is 37.3. The van der Waals surface area contributed by atoms with Crippen LogP contribution in [0.5, 0.6) is 0 Å². The number of allylic oxidation sites excluding steroid dienone is 20. The van der Waals surface area contributed by atoms with Crippen LogP contribution >= 0.6 is 0 Å². The summed E-state index contributed by atoms with van der Waals surface area (Å²) in [6.45, 7) is 4.68. The average Bonchev–Trinajstić information content (AvgIpc) is 3.34. The lowest BCUT2D eigenvalue weighted by Gasteiger charge is -2.25. The molecule has 0 rings (SSSR count). The molecule has 0 saturated heterocycles. The number of carbonyl (C=O) groups excluding carboxylic acids is 2. The lowest BCUT2D eigenvalue weighted by atomic mass is 10.1.